The quantitative estimate of drug-likeness (QED) is 0.502. The summed E-state index contributed by atoms with van der Waals surface area (Å²) in [7, 11) is 0. The zero-order chi connectivity index (χ0) is 18.5. The van der Waals surface area contributed by atoms with Gasteiger partial charge in [0.25, 0.3) is 0 Å². The lowest BCUT2D eigenvalue weighted by Gasteiger charge is -2.24. The number of imidazole rings is 1. The van der Waals surface area contributed by atoms with Crippen molar-refractivity contribution in [3.8, 4) is 11.6 Å². The molecule has 0 saturated carbocycles. The Kier molecular flexibility index (Phi) is 3.23. The molecule has 1 aliphatic rings. The molecule has 27 heavy (non-hydrogen) atoms. The van der Waals surface area contributed by atoms with Gasteiger partial charge in [-0.3, -0.25) is 4.79 Å². The second kappa shape index (κ2) is 5.63. The lowest BCUT2D eigenvalue weighted by atomic mass is 9.86. The minimum absolute atomic E-state index is 0.100. The maximum Gasteiger partial charge on any atom is 0.226 e. The van der Waals surface area contributed by atoms with Gasteiger partial charge < -0.3 is 15.4 Å². The molecule has 0 radical (unpaired) electrons. The zero-order valence-electron chi connectivity index (χ0n) is 14.3. The molecule has 0 spiro atoms. The summed E-state index contributed by atoms with van der Waals surface area (Å²) in [5.41, 5.74) is 3.85. The number of nitrogens with zero attached hydrogens (tertiary/aromatic N) is 5. The van der Waals surface area contributed by atoms with Crippen molar-refractivity contribution in [2.24, 2.45) is 0 Å². The average Bonchev–Trinajstić information content (AvgIpc) is 3.26. The first-order valence-electron chi connectivity index (χ1n) is 8.44. The first-order chi connectivity index (χ1) is 13.1. The predicted molar refractivity (Wildman–Crippen MR) is 96.7 cm³/mol. The van der Waals surface area contributed by atoms with Gasteiger partial charge in [-0.2, -0.15) is 9.78 Å². The van der Waals surface area contributed by atoms with Crippen LogP contribution in [0.2, 0.25) is 0 Å². The topological polar surface area (TPSA) is 122 Å². The van der Waals surface area contributed by atoms with E-state index in [0.29, 0.717) is 29.2 Å². The number of phenolic OH excluding ortho intramolecular Hbond substituents is 1. The summed E-state index contributed by atoms with van der Waals surface area (Å²) >= 11 is 0. The van der Waals surface area contributed by atoms with Crippen molar-refractivity contribution >= 4 is 22.9 Å². The number of aromatic nitrogens is 6. The molecule has 0 aliphatic carbocycles. The van der Waals surface area contributed by atoms with Crippen LogP contribution in [0.5, 0.6) is 5.75 Å². The van der Waals surface area contributed by atoms with Crippen molar-refractivity contribution in [3.05, 3.63) is 53.7 Å². The van der Waals surface area contributed by atoms with Crippen molar-refractivity contribution in [1.29, 1.82) is 0 Å². The zero-order valence-corrected chi connectivity index (χ0v) is 14.3. The number of hydrogen-bond acceptors (Lipinski definition) is 6. The molecule has 0 fully saturated rings. The van der Waals surface area contributed by atoms with Gasteiger partial charge in [0.2, 0.25) is 5.91 Å². The Morgan fingerprint density at radius 1 is 1.19 bits per heavy atom. The number of fused-ring (bicyclic) bond motifs is 2. The Labute approximate surface area is 153 Å². The van der Waals surface area contributed by atoms with E-state index in [1.54, 1.807) is 23.1 Å². The van der Waals surface area contributed by atoms with Crippen molar-refractivity contribution in [1.82, 2.24) is 29.7 Å². The minimum Gasteiger partial charge on any atom is -0.508 e. The van der Waals surface area contributed by atoms with Gasteiger partial charge in [-0.25, -0.2) is 15.0 Å². The predicted octanol–water partition coefficient (Wildman–Crippen LogP) is 2.03. The Morgan fingerprint density at radius 2 is 2.00 bits per heavy atom. The Morgan fingerprint density at radius 3 is 2.81 bits per heavy atom. The summed E-state index contributed by atoms with van der Waals surface area (Å²) in [6, 6.07) is 6.91. The van der Waals surface area contributed by atoms with E-state index in [9.17, 15) is 9.90 Å². The number of aromatic hydroxyl groups is 1. The molecule has 4 aromatic rings. The molecule has 1 unspecified atom stereocenters. The summed E-state index contributed by atoms with van der Waals surface area (Å²) in [5, 5.41) is 17.1. The summed E-state index contributed by atoms with van der Waals surface area (Å²) in [5.74, 6) is 1.05. The van der Waals surface area contributed by atoms with E-state index in [-0.39, 0.29) is 17.6 Å². The summed E-state index contributed by atoms with van der Waals surface area (Å²) in [4.78, 5) is 28.1. The second-order valence-corrected chi connectivity index (χ2v) is 6.45. The molecule has 4 heterocycles. The molecule has 9 heteroatoms. The van der Waals surface area contributed by atoms with Crippen LogP contribution in [0.4, 0.5) is 5.82 Å². The van der Waals surface area contributed by atoms with E-state index in [1.165, 1.54) is 6.33 Å². The van der Waals surface area contributed by atoms with Crippen LogP contribution in [0.15, 0.2) is 36.9 Å². The highest BCUT2D eigenvalue weighted by molar-refractivity contribution is 5.95. The number of rotatable bonds is 2. The molecule has 0 saturated heterocycles. The molecule has 9 nitrogen and oxygen atoms in total. The number of aryl methyl sites for hydroxylation is 1. The standard InChI is InChI=1S/C18H15N7O2/c1-9-14-12(10-2-4-11(26)5-3-10)6-13(27)23-17(14)25(24-9)18-15-16(20-7-19-15)21-8-22-18/h2-5,7-8,12,26H,6H2,1H3,(H,23,27)(H,19,20,21,22). The third kappa shape index (κ3) is 2.35. The smallest absolute Gasteiger partial charge is 0.226 e. The highest BCUT2D eigenvalue weighted by Gasteiger charge is 2.33. The number of carbonyl (C=O) groups is 1. The number of amides is 1. The third-order valence-electron chi connectivity index (χ3n) is 4.80. The number of carbonyl (C=O) groups excluding carboxylic acids is 1. The molecule has 5 rings (SSSR count). The molecule has 134 valence electrons. The van der Waals surface area contributed by atoms with E-state index in [2.05, 4.69) is 30.4 Å². The summed E-state index contributed by atoms with van der Waals surface area (Å²) < 4.78 is 1.62. The maximum absolute atomic E-state index is 12.4. The molecule has 1 aliphatic heterocycles. The van der Waals surface area contributed by atoms with Crippen molar-refractivity contribution in [2.45, 2.75) is 19.3 Å². The van der Waals surface area contributed by atoms with Crippen molar-refractivity contribution in [3.63, 3.8) is 0 Å². The normalized spacial score (nSPS) is 16.3. The highest BCUT2D eigenvalue weighted by atomic mass is 16.3. The van der Waals surface area contributed by atoms with Crippen LogP contribution in [0, 0.1) is 6.92 Å². The first kappa shape index (κ1) is 15.5. The van der Waals surface area contributed by atoms with Gasteiger partial charge in [-0.15, -0.1) is 0 Å². The summed E-state index contributed by atoms with van der Waals surface area (Å²) in [6.45, 7) is 1.91. The van der Waals surface area contributed by atoms with Crippen molar-refractivity contribution in [2.75, 3.05) is 5.32 Å². The number of H-pyrrole nitrogens is 1. The molecular weight excluding hydrogens is 346 g/mol. The second-order valence-electron chi connectivity index (χ2n) is 6.45. The molecule has 1 aromatic carbocycles. The van der Waals surface area contributed by atoms with Gasteiger partial charge in [-0.05, 0) is 24.6 Å². The SMILES string of the molecule is Cc1nn(-c2ncnc3nc[nH]c23)c2c1C(c1ccc(O)cc1)CC(=O)N2. The number of anilines is 1. The van der Waals surface area contributed by atoms with Crippen LogP contribution in [0.3, 0.4) is 0 Å². The largest absolute Gasteiger partial charge is 0.508 e. The van der Waals surface area contributed by atoms with Crippen LogP contribution >= 0.6 is 0 Å². The van der Waals surface area contributed by atoms with Gasteiger partial charge in [0, 0.05) is 17.9 Å². The lowest BCUT2D eigenvalue weighted by molar-refractivity contribution is -0.116. The van der Waals surface area contributed by atoms with Crippen LogP contribution in [-0.2, 0) is 4.79 Å². The van der Waals surface area contributed by atoms with E-state index in [1.807, 2.05) is 19.1 Å². The fourth-order valence-electron chi connectivity index (χ4n) is 3.60. The van der Waals surface area contributed by atoms with Crippen LogP contribution in [-0.4, -0.2) is 40.7 Å². The fraction of sp³-hybridized carbons (Fsp3) is 0.167. The van der Waals surface area contributed by atoms with E-state index >= 15 is 0 Å². The minimum atomic E-state index is -0.151. The fourth-order valence-corrected chi connectivity index (χ4v) is 3.60. The number of phenols is 1. The average molecular weight is 361 g/mol. The number of benzene rings is 1. The van der Waals surface area contributed by atoms with Crippen LogP contribution in [0.25, 0.3) is 17.0 Å². The molecule has 0 bridgehead atoms. The van der Waals surface area contributed by atoms with Crippen LogP contribution < -0.4 is 5.32 Å². The molecular formula is C18H15N7O2. The Hall–Kier alpha value is -3.75. The van der Waals surface area contributed by atoms with Gasteiger partial charge in [0.05, 0.1) is 12.0 Å². The van der Waals surface area contributed by atoms with Gasteiger partial charge in [0.15, 0.2) is 11.5 Å². The van der Waals surface area contributed by atoms with Crippen LogP contribution in [0.1, 0.15) is 29.2 Å². The van der Waals surface area contributed by atoms with Crippen molar-refractivity contribution < 1.29 is 9.90 Å². The Balaban J connectivity index is 1.72. The summed E-state index contributed by atoms with van der Waals surface area (Å²) in [6.07, 6.45) is 3.28. The monoisotopic (exact) mass is 361 g/mol. The van der Waals surface area contributed by atoms with Gasteiger partial charge in [0.1, 0.15) is 23.4 Å². The number of nitrogens with one attached hydrogen (secondary N) is 2. The van der Waals surface area contributed by atoms with E-state index in [4.69, 9.17) is 0 Å². The maximum atomic E-state index is 12.4. The van der Waals surface area contributed by atoms with Gasteiger partial charge in [-0.1, -0.05) is 12.1 Å². The third-order valence-corrected chi connectivity index (χ3v) is 4.80. The van der Waals surface area contributed by atoms with E-state index in [0.717, 1.165) is 16.8 Å². The highest BCUT2D eigenvalue weighted by Crippen LogP contribution is 2.40. The molecule has 3 N–H and O–H groups in total. The van der Waals surface area contributed by atoms with Gasteiger partial charge >= 0.3 is 0 Å². The number of hydrogen-bond donors (Lipinski definition) is 3. The number of aromatic amines is 1. The van der Waals surface area contributed by atoms with E-state index < -0.39 is 0 Å². The Bertz CT molecular complexity index is 1180. The molecule has 1 amide bonds. The first-order valence-corrected chi connectivity index (χ1v) is 8.44. The molecule has 3 aromatic heterocycles. The lowest BCUT2D eigenvalue weighted by Crippen LogP contribution is -2.25. The molecule has 1 atom stereocenters.